The smallest absolute Gasteiger partial charge is 0.283 e. The predicted octanol–water partition coefficient (Wildman–Crippen LogP) is 3.52. The van der Waals surface area contributed by atoms with Crippen LogP contribution < -0.4 is 0 Å². The fraction of sp³-hybridized carbons (Fsp3) is 0.0769. The van der Waals surface area contributed by atoms with Gasteiger partial charge in [-0.05, 0) is 23.8 Å². The number of nitrogens with zero attached hydrogens (tertiary/aromatic N) is 1. The van der Waals surface area contributed by atoms with Gasteiger partial charge in [0.15, 0.2) is 0 Å². The van der Waals surface area contributed by atoms with Crippen molar-refractivity contribution in [1.82, 2.24) is 0 Å². The zero-order chi connectivity index (χ0) is 14.7. The summed E-state index contributed by atoms with van der Waals surface area (Å²) in [4.78, 5) is 10.7. The lowest BCUT2D eigenvalue weighted by Crippen LogP contribution is -1.94. The van der Waals surface area contributed by atoms with Crippen molar-refractivity contribution in [2.24, 2.45) is 0 Å². The Morgan fingerprint density at radius 3 is 2.45 bits per heavy atom. The molecule has 2 aromatic carbocycles. The Bertz CT molecular complexity index is 664. The molecule has 0 saturated heterocycles. The molecular weight excluding hydrogens is 288 g/mol. The summed E-state index contributed by atoms with van der Waals surface area (Å²) in [6.45, 7) is -0.323. The number of hydrogen-bond donors (Lipinski definition) is 1. The van der Waals surface area contributed by atoms with Gasteiger partial charge in [-0.2, -0.15) is 0 Å². The van der Waals surface area contributed by atoms with E-state index in [1.54, 1.807) is 0 Å². The zero-order valence-electron chi connectivity index (χ0n) is 10.0. The van der Waals surface area contributed by atoms with Crippen LogP contribution in [-0.2, 0) is 6.61 Å². The largest absolute Gasteiger partial charge is 0.392 e. The number of hydrogen-bond acceptors (Lipinski definition) is 4. The minimum Gasteiger partial charge on any atom is -0.392 e. The standard InChI is InChI=1S/C13H9F2NO3S/c14-9-2-4-12(10(15)6-9)20-13-3-1-8(7-17)5-11(13)16(18)19/h1-6,17H,7H2. The lowest BCUT2D eigenvalue weighted by molar-refractivity contribution is -0.387. The van der Waals surface area contributed by atoms with E-state index >= 15 is 0 Å². The molecule has 4 nitrogen and oxygen atoms in total. The van der Waals surface area contributed by atoms with Crippen LogP contribution in [0.5, 0.6) is 0 Å². The average Bonchev–Trinajstić information content (AvgIpc) is 2.42. The molecule has 0 atom stereocenters. The summed E-state index contributed by atoms with van der Waals surface area (Å²) in [6, 6.07) is 7.19. The van der Waals surface area contributed by atoms with Crippen LogP contribution in [0.3, 0.4) is 0 Å². The van der Waals surface area contributed by atoms with E-state index in [1.807, 2.05) is 0 Å². The van der Waals surface area contributed by atoms with Gasteiger partial charge < -0.3 is 5.11 Å². The second-order valence-electron chi connectivity index (χ2n) is 3.89. The highest BCUT2D eigenvalue weighted by Crippen LogP contribution is 2.36. The Labute approximate surface area is 117 Å². The number of halogens is 2. The molecule has 0 amide bonds. The Hall–Kier alpha value is -1.99. The summed E-state index contributed by atoms with van der Waals surface area (Å²) < 4.78 is 26.4. The van der Waals surface area contributed by atoms with Gasteiger partial charge in [-0.25, -0.2) is 8.78 Å². The first kappa shape index (κ1) is 14.4. The number of benzene rings is 2. The van der Waals surface area contributed by atoms with Crippen molar-refractivity contribution in [1.29, 1.82) is 0 Å². The van der Waals surface area contributed by atoms with Gasteiger partial charge in [-0.15, -0.1) is 0 Å². The Balaban J connectivity index is 2.40. The van der Waals surface area contributed by atoms with E-state index in [9.17, 15) is 18.9 Å². The van der Waals surface area contributed by atoms with E-state index in [4.69, 9.17) is 5.11 Å². The van der Waals surface area contributed by atoms with Gasteiger partial charge in [0.25, 0.3) is 5.69 Å². The Morgan fingerprint density at radius 2 is 1.85 bits per heavy atom. The number of aliphatic hydroxyl groups is 1. The molecule has 7 heteroatoms. The molecule has 0 fully saturated rings. The van der Waals surface area contributed by atoms with E-state index in [2.05, 4.69) is 0 Å². The molecule has 0 aromatic heterocycles. The maximum absolute atomic E-state index is 13.5. The van der Waals surface area contributed by atoms with Crippen molar-refractivity contribution in [2.45, 2.75) is 16.4 Å². The monoisotopic (exact) mass is 297 g/mol. The van der Waals surface area contributed by atoms with Crippen molar-refractivity contribution in [3.8, 4) is 0 Å². The van der Waals surface area contributed by atoms with Crippen LogP contribution in [0, 0.1) is 21.7 Å². The van der Waals surface area contributed by atoms with Gasteiger partial charge >= 0.3 is 0 Å². The third kappa shape index (κ3) is 3.12. The van der Waals surface area contributed by atoms with Gasteiger partial charge in [-0.3, -0.25) is 10.1 Å². The van der Waals surface area contributed by atoms with Crippen molar-refractivity contribution in [3.63, 3.8) is 0 Å². The summed E-state index contributed by atoms with van der Waals surface area (Å²) in [7, 11) is 0. The topological polar surface area (TPSA) is 63.4 Å². The lowest BCUT2D eigenvalue weighted by atomic mass is 10.2. The molecular formula is C13H9F2NO3S. The van der Waals surface area contributed by atoms with E-state index < -0.39 is 16.6 Å². The third-order valence-corrected chi connectivity index (χ3v) is 3.63. The molecule has 0 bridgehead atoms. The van der Waals surface area contributed by atoms with Crippen LogP contribution in [0.1, 0.15) is 5.56 Å². The third-order valence-electron chi connectivity index (χ3n) is 2.52. The molecule has 104 valence electrons. The summed E-state index contributed by atoms with van der Waals surface area (Å²) in [5, 5.41) is 19.9. The summed E-state index contributed by atoms with van der Waals surface area (Å²) >= 11 is 0.832. The first-order chi connectivity index (χ1) is 9.51. The maximum atomic E-state index is 13.5. The molecule has 0 aliphatic heterocycles. The highest BCUT2D eigenvalue weighted by molar-refractivity contribution is 7.99. The quantitative estimate of drug-likeness (QED) is 0.693. The first-order valence-electron chi connectivity index (χ1n) is 5.52. The molecule has 0 unspecified atom stereocenters. The number of nitro benzene ring substituents is 1. The number of nitro groups is 1. The van der Waals surface area contributed by atoms with Crippen molar-refractivity contribution < 1.29 is 18.8 Å². The van der Waals surface area contributed by atoms with Crippen molar-refractivity contribution in [2.75, 3.05) is 0 Å². The fourth-order valence-corrected chi connectivity index (χ4v) is 2.47. The molecule has 1 N–H and O–H groups in total. The van der Waals surface area contributed by atoms with Crippen LogP contribution in [0.15, 0.2) is 46.2 Å². The second-order valence-corrected chi connectivity index (χ2v) is 4.98. The number of aliphatic hydroxyl groups excluding tert-OH is 1. The van der Waals surface area contributed by atoms with Crippen LogP contribution >= 0.6 is 11.8 Å². The molecule has 0 aliphatic rings. The van der Waals surface area contributed by atoms with Gasteiger partial charge in [0.05, 0.1) is 16.4 Å². The van der Waals surface area contributed by atoms with Gasteiger partial charge in [0.1, 0.15) is 11.6 Å². The van der Waals surface area contributed by atoms with E-state index in [1.165, 1.54) is 24.3 Å². The molecule has 20 heavy (non-hydrogen) atoms. The van der Waals surface area contributed by atoms with Gasteiger partial charge in [0.2, 0.25) is 0 Å². The van der Waals surface area contributed by atoms with E-state index in [-0.39, 0.29) is 22.1 Å². The normalized spacial score (nSPS) is 10.6. The minimum absolute atomic E-state index is 0.0891. The van der Waals surface area contributed by atoms with Gasteiger partial charge in [0, 0.05) is 17.0 Å². The van der Waals surface area contributed by atoms with Crippen molar-refractivity contribution >= 4 is 17.4 Å². The van der Waals surface area contributed by atoms with Crippen molar-refractivity contribution in [3.05, 3.63) is 63.7 Å². The maximum Gasteiger partial charge on any atom is 0.283 e. The highest BCUT2D eigenvalue weighted by atomic mass is 32.2. The zero-order valence-corrected chi connectivity index (χ0v) is 10.9. The molecule has 0 spiro atoms. The minimum atomic E-state index is -0.782. The highest BCUT2D eigenvalue weighted by Gasteiger charge is 2.17. The Morgan fingerprint density at radius 1 is 1.15 bits per heavy atom. The summed E-state index contributed by atoms with van der Waals surface area (Å²) in [5.41, 5.74) is 0.158. The van der Waals surface area contributed by atoms with Gasteiger partial charge in [-0.1, -0.05) is 17.8 Å². The average molecular weight is 297 g/mol. The molecule has 2 aromatic rings. The van der Waals surface area contributed by atoms with Crippen LogP contribution in [0.2, 0.25) is 0 Å². The second kappa shape index (κ2) is 5.98. The predicted molar refractivity (Wildman–Crippen MR) is 69.5 cm³/mol. The van der Waals surface area contributed by atoms with Crippen LogP contribution in [-0.4, -0.2) is 10.0 Å². The molecule has 0 saturated carbocycles. The molecule has 0 aliphatic carbocycles. The summed E-state index contributed by atoms with van der Waals surface area (Å²) in [6.07, 6.45) is 0. The fourth-order valence-electron chi connectivity index (χ4n) is 1.57. The SMILES string of the molecule is O=[N+]([O-])c1cc(CO)ccc1Sc1ccc(F)cc1F. The van der Waals surface area contributed by atoms with E-state index in [0.717, 1.165) is 23.9 Å². The molecule has 0 radical (unpaired) electrons. The van der Waals surface area contributed by atoms with E-state index in [0.29, 0.717) is 5.56 Å². The lowest BCUT2D eigenvalue weighted by Gasteiger charge is -2.05. The number of rotatable bonds is 4. The Kier molecular flexibility index (Phi) is 4.31. The van der Waals surface area contributed by atoms with Crippen LogP contribution in [0.4, 0.5) is 14.5 Å². The molecule has 0 heterocycles. The van der Waals surface area contributed by atoms with Crippen LogP contribution in [0.25, 0.3) is 0 Å². The summed E-state index contributed by atoms with van der Waals surface area (Å²) in [5.74, 6) is -1.49. The molecule has 2 rings (SSSR count). The first-order valence-corrected chi connectivity index (χ1v) is 6.34.